The van der Waals surface area contributed by atoms with Crippen LogP contribution in [0.25, 0.3) is 0 Å². The van der Waals surface area contributed by atoms with Crippen molar-refractivity contribution < 1.29 is 38.5 Å². The van der Waals surface area contributed by atoms with E-state index in [9.17, 15) is 24.3 Å². The first kappa shape index (κ1) is 30.1. The minimum absolute atomic E-state index is 0.0172. The van der Waals surface area contributed by atoms with Gasteiger partial charge < -0.3 is 19.3 Å². The summed E-state index contributed by atoms with van der Waals surface area (Å²) < 4.78 is 16.6. The molecule has 0 aliphatic heterocycles. The normalized spacial score (nSPS) is 34.0. The average Bonchev–Trinajstić information content (AvgIpc) is 3.32. The van der Waals surface area contributed by atoms with Crippen LogP contribution in [0.5, 0.6) is 0 Å². The molecule has 7 atom stereocenters. The van der Waals surface area contributed by atoms with Crippen LogP contribution in [0.15, 0.2) is 53.1 Å². The lowest BCUT2D eigenvalue weighted by molar-refractivity contribution is -0.165. The number of carbonyl (C=O) groups is 4. The molecule has 0 radical (unpaired) electrons. The predicted octanol–water partition coefficient (Wildman–Crippen LogP) is 5.79. The molecule has 0 bridgehead atoms. The Balaban J connectivity index is 1.38. The Hall–Kier alpha value is -3.42. The third kappa shape index (κ3) is 5.40. The SMILES string of the molecule is CC(=O)O[C@H]1CC[C@@]2(COC=O)[C@@H](CC[C@H]3C4=CC[C@H](C(C)=C(C(=O)O)C(=O)OCc5ccccc5)[C@@]4(C)CC[C@@H]32)C1. The van der Waals surface area contributed by atoms with Crippen molar-refractivity contribution in [2.24, 2.45) is 34.5 Å². The first-order chi connectivity index (χ1) is 20.1. The van der Waals surface area contributed by atoms with Crippen molar-refractivity contribution in [3.8, 4) is 0 Å². The second-order valence-corrected chi connectivity index (χ2v) is 13.0. The van der Waals surface area contributed by atoms with Gasteiger partial charge in [0.05, 0.1) is 6.61 Å². The Bertz CT molecular complexity index is 1280. The first-order valence-corrected chi connectivity index (χ1v) is 15.2. The number of fused-ring (bicyclic) bond motifs is 5. The van der Waals surface area contributed by atoms with Crippen molar-refractivity contribution in [2.45, 2.75) is 84.8 Å². The molecular weight excluding hydrogens is 536 g/mol. The maximum atomic E-state index is 13.1. The van der Waals surface area contributed by atoms with Crippen LogP contribution in [0.1, 0.15) is 77.7 Å². The smallest absolute Gasteiger partial charge is 0.345 e. The quantitative estimate of drug-likeness (QED) is 0.0744. The summed E-state index contributed by atoms with van der Waals surface area (Å²) in [5.74, 6) is -1.49. The highest BCUT2D eigenvalue weighted by molar-refractivity contribution is 6.14. The Morgan fingerprint density at radius 2 is 1.81 bits per heavy atom. The van der Waals surface area contributed by atoms with E-state index < -0.39 is 11.9 Å². The summed E-state index contributed by atoms with van der Waals surface area (Å²) in [5, 5.41) is 10.1. The molecule has 3 fully saturated rings. The molecule has 1 aromatic rings. The fraction of sp³-hybridized carbons (Fsp3) is 0.588. The number of hydrogen-bond acceptors (Lipinski definition) is 7. The minimum Gasteiger partial charge on any atom is -0.477 e. The van der Waals surface area contributed by atoms with Crippen LogP contribution < -0.4 is 0 Å². The molecule has 0 spiro atoms. The van der Waals surface area contributed by atoms with Crippen molar-refractivity contribution in [2.75, 3.05) is 6.61 Å². The maximum absolute atomic E-state index is 13.1. The van der Waals surface area contributed by atoms with Gasteiger partial charge in [0.2, 0.25) is 0 Å². The van der Waals surface area contributed by atoms with Crippen LogP contribution in [0.4, 0.5) is 0 Å². The summed E-state index contributed by atoms with van der Waals surface area (Å²) in [6.07, 6.45) is 9.01. The van der Waals surface area contributed by atoms with Gasteiger partial charge in [0.1, 0.15) is 18.3 Å². The van der Waals surface area contributed by atoms with Gasteiger partial charge in [-0.25, -0.2) is 9.59 Å². The second-order valence-electron chi connectivity index (χ2n) is 13.0. The van der Waals surface area contributed by atoms with Gasteiger partial charge in [0.25, 0.3) is 6.47 Å². The van der Waals surface area contributed by atoms with E-state index in [1.807, 2.05) is 30.3 Å². The molecular formula is C34H42O8. The number of carboxylic acids is 1. The Morgan fingerprint density at radius 3 is 2.50 bits per heavy atom. The number of carboxylic acid groups (broad SMARTS) is 1. The van der Waals surface area contributed by atoms with Gasteiger partial charge >= 0.3 is 17.9 Å². The van der Waals surface area contributed by atoms with Gasteiger partial charge in [0.15, 0.2) is 0 Å². The van der Waals surface area contributed by atoms with E-state index in [1.165, 1.54) is 12.5 Å². The highest BCUT2D eigenvalue weighted by atomic mass is 16.5. The molecule has 0 unspecified atom stereocenters. The predicted molar refractivity (Wildman–Crippen MR) is 154 cm³/mol. The van der Waals surface area contributed by atoms with Gasteiger partial charge in [-0.05, 0) is 98.5 Å². The molecule has 0 saturated heterocycles. The number of benzene rings is 1. The van der Waals surface area contributed by atoms with Crippen molar-refractivity contribution in [3.05, 3.63) is 58.7 Å². The molecule has 8 nitrogen and oxygen atoms in total. The van der Waals surface area contributed by atoms with Gasteiger partial charge in [0, 0.05) is 12.3 Å². The molecule has 42 heavy (non-hydrogen) atoms. The molecule has 3 saturated carbocycles. The molecule has 4 aliphatic rings. The molecule has 4 aliphatic carbocycles. The minimum atomic E-state index is -1.26. The topological polar surface area (TPSA) is 116 Å². The zero-order valence-corrected chi connectivity index (χ0v) is 24.8. The summed E-state index contributed by atoms with van der Waals surface area (Å²) in [4.78, 5) is 48.5. The van der Waals surface area contributed by atoms with Crippen LogP contribution in [0.2, 0.25) is 0 Å². The first-order valence-electron chi connectivity index (χ1n) is 15.2. The summed E-state index contributed by atoms with van der Waals surface area (Å²) in [6, 6.07) is 9.23. The number of allylic oxidation sites excluding steroid dienone is 3. The van der Waals surface area contributed by atoms with Crippen molar-refractivity contribution in [3.63, 3.8) is 0 Å². The van der Waals surface area contributed by atoms with Crippen LogP contribution in [-0.2, 0) is 40.0 Å². The number of aliphatic carboxylic acids is 1. The van der Waals surface area contributed by atoms with E-state index >= 15 is 0 Å². The van der Waals surface area contributed by atoms with Crippen LogP contribution in [-0.4, -0.2) is 42.2 Å². The molecule has 0 aromatic heterocycles. The summed E-state index contributed by atoms with van der Waals surface area (Å²) in [6.45, 7) is 6.39. The third-order valence-electron chi connectivity index (χ3n) is 11.0. The fourth-order valence-corrected chi connectivity index (χ4v) is 9.20. The number of carbonyl (C=O) groups excluding carboxylic acids is 3. The number of rotatable bonds is 9. The standard InChI is InChI=1S/C34H42O8/c1-21(30(31(37)38)32(39)41-18-23-7-5-4-6-8-23)27-11-12-28-26-10-9-24-17-25(42-22(2)36)13-16-34(24,19-40-20-35)29(26)14-15-33(27,28)3/h4-8,12,20,24-27,29H,9-11,13-19H2,1-3H3,(H,37,38)/t24-,25-,26-,27+,29-,33+,34+/m0/s1. The zero-order chi connectivity index (χ0) is 30.1. The Labute approximate surface area is 247 Å². The molecule has 226 valence electrons. The fourth-order valence-electron chi connectivity index (χ4n) is 9.20. The van der Waals surface area contributed by atoms with Gasteiger partial charge in [-0.1, -0.05) is 48.9 Å². The van der Waals surface area contributed by atoms with Crippen LogP contribution in [0, 0.1) is 34.5 Å². The second kappa shape index (κ2) is 12.1. The number of hydrogen-bond donors (Lipinski definition) is 1. The van der Waals surface area contributed by atoms with Crippen molar-refractivity contribution in [1.29, 1.82) is 0 Å². The molecule has 0 heterocycles. The van der Waals surface area contributed by atoms with Crippen LogP contribution in [0.3, 0.4) is 0 Å². The third-order valence-corrected chi connectivity index (χ3v) is 11.0. The van der Waals surface area contributed by atoms with E-state index in [1.54, 1.807) is 6.92 Å². The molecule has 0 amide bonds. The lowest BCUT2D eigenvalue weighted by Crippen LogP contribution is -2.55. The highest BCUT2D eigenvalue weighted by Gasteiger charge is 2.60. The molecule has 1 aromatic carbocycles. The van der Waals surface area contributed by atoms with Gasteiger partial charge in [-0.15, -0.1) is 0 Å². The molecule has 8 heteroatoms. The summed E-state index contributed by atoms with van der Waals surface area (Å²) in [7, 11) is 0. The van der Waals surface area contributed by atoms with E-state index in [0.717, 1.165) is 50.5 Å². The Kier molecular flexibility index (Phi) is 8.63. The van der Waals surface area contributed by atoms with E-state index in [-0.39, 0.29) is 41.0 Å². The maximum Gasteiger partial charge on any atom is 0.345 e. The largest absolute Gasteiger partial charge is 0.477 e. The van der Waals surface area contributed by atoms with Crippen LogP contribution >= 0.6 is 0 Å². The lowest BCUT2D eigenvalue weighted by atomic mass is 9.45. The highest BCUT2D eigenvalue weighted by Crippen LogP contribution is 2.67. The summed E-state index contributed by atoms with van der Waals surface area (Å²) in [5.41, 5.74) is 2.03. The zero-order valence-electron chi connectivity index (χ0n) is 24.8. The molecule has 5 rings (SSSR count). The molecule has 1 N–H and O–H groups in total. The van der Waals surface area contributed by atoms with E-state index in [2.05, 4.69) is 13.0 Å². The average molecular weight is 579 g/mol. The van der Waals surface area contributed by atoms with E-state index in [0.29, 0.717) is 42.8 Å². The number of esters is 2. The van der Waals surface area contributed by atoms with Gasteiger partial charge in [-0.3, -0.25) is 9.59 Å². The number of ether oxygens (including phenoxy) is 3. The Morgan fingerprint density at radius 1 is 1.05 bits per heavy atom. The van der Waals surface area contributed by atoms with Crippen molar-refractivity contribution >= 4 is 24.4 Å². The summed E-state index contributed by atoms with van der Waals surface area (Å²) >= 11 is 0. The van der Waals surface area contributed by atoms with Gasteiger partial charge in [-0.2, -0.15) is 0 Å². The lowest BCUT2D eigenvalue weighted by Gasteiger charge is -2.60. The monoisotopic (exact) mass is 578 g/mol. The van der Waals surface area contributed by atoms with Crippen molar-refractivity contribution in [1.82, 2.24) is 0 Å². The van der Waals surface area contributed by atoms with E-state index in [4.69, 9.17) is 14.2 Å².